The first-order chi connectivity index (χ1) is 9.17. The minimum Gasteiger partial charge on any atom is -0.342 e. The molecule has 1 heterocycles. The molecular weight excluding hydrogens is 238 g/mol. The lowest BCUT2D eigenvalue weighted by molar-refractivity contribution is -0.131. The molecule has 0 aromatic rings. The zero-order valence-corrected chi connectivity index (χ0v) is 13.0. The summed E-state index contributed by atoms with van der Waals surface area (Å²) in [6.07, 6.45) is 3.44. The maximum atomic E-state index is 12.0. The van der Waals surface area contributed by atoms with Crippen molar-refractivity contribution in [3.63, 3.8) is 0 Å². The second-order valence-corrected chi connectivity index (χ2v) is 5.62. The van der Waals surface area contributed by atoms with Crippen LogP contribution in [0, 0.1) is 5.92 Å². The molecule has 0 aromatic carbocycles. The van der Waals surface area contributed by atoms with Crippen LogP contribution in [0.3, 0.4) is 0 Å². The fourth-order valence-electron chi connectivity index (χ4n) is 2.53. The van der Waals surface area contributed by atoms with Crippen LogP contribution in [0.15, 0.2) is 0 Å². The summed E-state index contributed by atoms with van der Waals surface area (Å²) in [5, 5.41) is 3.28. The third-order valence-electron chi connectivity index (χ3n) is 4.13. The second-order valence-electron chi connectivity index (χ2n) is 5.62. The van der Waals surface area contributed by atoms with Crippen molar-refractivity contribution in [3.8, 4) is 0 Å². The van der Waals surface area contributed by atoms with E-state index in [1.54, 1.807) is 0 Å². The molecule has 1 N–H and O–H groups in total. The molecule has 0 radical (unpaired) electrons. The highest BCUT2D eigenvalue weighted by Crippen LogP contribution is 2.15. The lowest BCUT2D eigenvalue weighted by Gasteiger charge is -2.30. The van der Waals surface area contributed by atoms with Crippen molar-refractivity contribution < 1.29 is 4.79 Å². The molecule has 1 aliphatic heterocycles. The van der Waals surface area contributed by atoms with Crippen LogP contribution in [0.2, 0.25) is 0 Å². The van der Waals surface area contributed by atoms with Gasteiger partial charge in [0.2, 0.25) is 5.91 Å². The van der Waals surface area contributed by atoms with Crippen molar-refractivity contribution in [1.82, 2.24) is 15.1 Å². The quantitative estimate of drug-likeness (QED) is 0.679. The van der Waals surface area contributed by atoms with Crippen LogP contribution in [0.1, 0.15) is 40.0 Å². The lowest BCUT2D eigenvalue weighted by Crippen LogP contribution is -2.43. The van der Waals surface area contributed by atoms with Crippen molar-refractivity contribution in [3.05, 3.63) is 0 Å². The van der Waals surface area contributed by atoms with Gasteiger partial charge in [0.05, 0.1) is 6.54 Å². The lowest BCUT2D eigenvalue weighted by atomic mass is 9.99. The Morgan fingerprint density at radius 2 is 1.89 bits per heavy atom. The van der Waals surface area contributed by atoms with Gasteiger partial charge in [-0.3, -0.25) is 4.79 Å². The third kappa shape index (κ3) is 6.39. The predicted molar refractivity (Wildman–Crippen MR) is 80.3 cm³/mol. The number of carbonyl (C=O) groups is 1. The highest BCUT2D eigenvalue weighted by Gasteiger charge is 2.19. The summed E-state index contributed by atoms with van der Waals surface area (Å²) in [7, 11) is 0. The van der Waals surface area contributed by atoms with Crippen LogP contribution in [0.25, 0.3) is 0 Å². The first-order valence-electron chi connectivity index (χ1n) is 7.88. The van der Waals surface area contributed by atoms with E-state index in [0.29, 0.717) is 6.54 Å². The zero-order chi connectivity index (χ0) is 14.1. The number of piperidine rings is 1. The Morgan fingerprint density at radius 1 is 1.26 bits per heavy atom. The minimum absolute atomic E-state index is 0.273. The summed E-state index contributed by atoms with van der Waals surface area (Å²) in [5.74, 6) is 1.06. The van der Waals surface area contributed by atoms with Crippen molar-refractivity contribution in [2.24, 2.45) is 5.92 Å². The van der Waals surface area contributed by atoms with Gasteiger partial charge in [-0.15, -0.1) is 0 Å². The molecule has 0 aliphatic carbocycles. The molecule has 0 spiro atoms. The molecule has 1 rings (SSSR count). The summed E-state index contributed by atoms with van der Waals surface area (Å²) >= 11 is 0. The van der Waals surface area contributed by atoms with Crippen molar-refractivity contribution >= 4 is 5.91 Å². The second kappa shape index (κ2) is 9.32. The van der Waals surface area contributed by atoms with Crippen molar-refractivity contribution in [2.75, 3.05) is 45.8 Å². The zero-order valence-electron chi connectivity index (χ0n) is 13.0. The molecule has 1 saturated heterocycles. The Labute approximate surface area is 118 Å². The van der Waals surface area contributed by atoms with Crippen LogP contribution in [0.4, 0.5) is 0 Å². The molecule has 0 aromatic heterocycles. The number of hydrogen-bond donors (Lipinski definition) is 1. The Balaban J connectivity index is 2.04. The van der Waals surface area contributed by atoms with E-state index in [4.69, 9.17) is 0 Å². The van der Waals surface area contributed by atoms with Gasteiger partial charge in [-0.25, -0.2) is 0 Å². The smallest absolute Gasteiger partial charge is 0.236 e. The average Bonchev–Trinajstić information content (AvgIpc) is 2.43. The molecule has 1 aliphatic rings. The van der Waals surface area contributed by atoms with E-state index in [9.17, 15) is 4.79 Å². The van der Waals surface area contributed by atoms with Gasteiger partial charge in [-0.05, 0) is 51.4 Å². The van der Waals surface area contributed by atoms with E-state index < -0.39 is 0 Å². The van der Waals surface area contributed by atoms with Gasteiger partial charge in [0.25, 0.3) is 0 Å². The van der Waals surface area contributed by atoms with Crippen molar-refractivity contribution in [2.45, 2.75) is 40.0 Å². The molecule has 1 amide bonds. The summed E-state index contributed by atoms with van der Waals surface area (Å²) in [4.78, 5) is 16.4. The molecule has 0 atom stereocenters. The van der Waals surface area contributed by atoms with E-state index in [2.05, 4.69) is 31.0 Å². The molecule has 0 bridgehead atoms. The van der Waals surface area contributed by atoms with E-state index in [0.717, 1.165) is 64.4 Å². The number of rotatable bonds is 8. The van der Waals surface area contributed by atoms with Crippen LogP contribution in [-0.2, 0) is 4.79 Å². The summed E-state index contributed by atoms with van der Waals surface area (Å²) < 4.78 is 0. The highest BCUT2D eigenvalue weighted by molar-refractivity contribution is 5.78. The van der Waals surface area contributed by atoms with Crippen molar-refractivity contribution in [1.29, 1.82) is 0 Å². The van der Waals surface area contributed by atoms with E-state index in [-0.39, 0.29) is 5.91 Å². The first kappa shape index (κ1) is 16.4. The maximum Gasteiger partial charge on any atom is 0.236 e. The molecule has 0 unspecified atom stereocenters. The largest absolute Gasteiger partial charge is 0.342 e. The fourth-order valence-corrected chi connectivity index (χ4v) is 2.53. The normalized spacial score (nSPS) is 17.2. The molecule has 1 fully saturated rings. The van der Waals surface area contributed by atoms with Gasteiger partial charge < -0.3 is 15.1 Å². The van der Waals surface area contributed by atoms with Gasteiger partial charge in [0.15, 0.2) is 0 Å². The van der Waals surface area contributed by atoms with Gasteiger partial charge in [-0.1, -0.05) is 20.8 Å². The number of nitrogens with zero attached hydrogens (tertiary/aromatic N) is 2. The van der Waals surface area contributed by atoms with Gasteiger partial charge >= 0.3 is 0 Å². The number of carbonyl (C=O) groups excluding carboxylic acids is 1. The van der Waals surface area contributed by atoms with Gasteiger partial charge in [0.1, 0.15) is 0 Å². The number of likely N-dealkylation sites (tertiary alicyclic amines) is 1. The van der Waals surface area contributed by atoms with E-state index in [1.807, 2.05) is 4.90 Å². The fraction of sp³-hybridized carbons (Fsp3) is 0.933. The first-order valence-corrected chi connectivity index (χ1v) is 7.88. The Bertz CT molecular complexity index is 246. The van der Waals surface area contributed by atoms with Crippen LogP contribution in [0.5, 0.6) is 0 Å². The standard InChI is InChI=1S/C15H31N3O/c1-4-17(5-2)10-6-9-16-13-15(19)18-11-7-14(3)8-12-18/h14,16H,4-13H2,1-3H3. The third-order valence-corrected chi connectivity index (χ3v) is 4.13. The molecule has 0 saturated carbocycles. The number of hydrogen-bond acceptors (Lipinski definition) is 3. The highest BCUT2D eigenvalue weighted by atomic mass is 16.2. The van der Waals surface area contributed by atoms with E-state index >= 15 is 0 Å². The SMILES string of the molecule is CCN(CC)CCCNCC(=O)N1CCC(C)CC1. The summed E-state index contributed by atoms with van der Waals surface area (Å²) in [6.45, 7) is 13.3. The minimum atomic E-state index is 0.273. The summed E-state index contributed by atoms with van der Waals surface area (Å²) in [5.41, 5.74) is 0. The monoisotopic (exact) mass is 269 g/mol. The molecule has 4 heteroatoms. The average molecular weight is 269 g/mol. The number of amides is 1. The van der Waals surface area contributed by atoms with E-state index in [1.165, 1.54) is 0 Å². The van der Waals surface area contributed by atoms with Crippen LogP contribution in [-0.4, -0.2) is 61.5 Å². The van der Waals surface area contributed by atoms with Crippen LogP contribution >= 0.6 is 0 Å². The van der Waals surface area contributed by atoms with Gasteiger partial charge in [0, 0.05) is 13.1 Å². The molecular formula is C15H31N3O. The maximum absolute atomic E-state index is 12.0. The molecule has 19 heavy (non-hydrogen) atoms. The predicted octanol–water partition coefficient (Wildman–Crippen LogP) is 1.57. The molecule has 4 nitrogen and oxygen atoms in total. The Morgan fingerprint density at radius 3 is 2.47 bits per heavy atom. The topological polar surface area (TPSA) is 35.6 Å². The Hall–Kier alpha value is -0.610. The number of nitrogens with one attached hydrogen (secondary N) is 1. The molecule has 112 valence electrons. The Kier molecular flexibility index (Phi) is 8.07. The summed E-state index contributed by atoms with van der Waals surface area (Å²) in [6, 6.07) is 0. The van der Waals surface area contributed by atoms with Gasteiger partial charge in [-0.2, -0.15) is 0 Å². The van der Waals surface area contributed by atoms with Crippen LogP contribution < -0.4 is 5.32 Å².